The van der Waals surface area contributed by atoms with Crippen molar-refractivity contribution in [2.45, 2.75) is 114 Å². The van der Waals surface area contributed by atoms with Crippen LogP contribution in [0.15, 0.2) is 102 Å². The number of ether oxygens (including phenoxy) is 5. The molecule has 62 heavy (non-hydrogen) atoms. The van der Waals surface area contributed by atoms with Crippen LogP contribution < -0.4 is 5.32 Å². The van der Waals surface area contributed by atoms with Crippen LogP contribution in [0.5, 0.6) is 0 Å². The zero-order chi connectivity index (χ0) is 44.9. The number of carbonyl (C=O) groups is 5. The number of fused-ring (bicyclic) bond motifs is 5. The maximum Gasteiger partial charge on any atom is 0.338 e. The van der Waals surface area contributed by atoms with E-state index in [1.165, 1.54) is 26.0 Å². The Morgan fingerprint density at radius 1 is 0.806 bits per heavy atom. The Morgan fingerprint density at radius 2 is 1.39 bits per heavy atom. The smallest absolute Gasteiger partial charge is 0.338 e. The fourth-order valence-electron chi connectivity index (χ4n) is 10.4. The van der Waals surface area contributed by atoms with Gasteiger partial charge in [-0.1, -0.05) is 87.5 Å². The van der Waals surface area contributed by atoms with Crippen molar-refractivity contribution in [3.63, 3.8) is 0 Å². The number of hydrogen-bond donors (Lipinski definition) is 5. The van der Waals surface area contributed by atoms with Crippen molar-refractivity contribution in [1.29, 1.82) is 0 Å². The van der Waals surface area contributed by atoms with E-state index in [-0.39, 0.29) is 35.3 Å². The highest BCUT2D eigenvalue weighted by Crippen LogP contribution is 2.65. The Balaban J connectivity index is 1.38. The molecule has 1 amide bonds. The fourth-order valence-corrected chi connectivity index (χ4v) is 10.4. The molecule has 15 heteroatoms. The van der Waals surface area contributed by atoms with Gasteiger partial charge in [-0.3, -0.25) is 14.4 Å². The Labute approximate surface area is 359 Å². The molecule has 3 fully saturated rings. The molecule has 7 rings (SSSR count). The lowest BCUT2D eigenvalue weighted by Gasteiger charge is -2.69. The van der Waals surface area contributed by atoms with Gasteiger partial charge in [0.2, 0.25) is 0 Å². The lowest BCUT2D eigenvalue weighted by Crippen LogP contribution is -2.82. The molecular formula is C47H53NO14. The molecule has 2 bridgehead atoms. The molecule has 12 atom stereocenters. The van der Waals surface area contributed by atoms with Gasteiger partial charge < -0.3 is 49.4 Å². The number of nitrogens with one attached hydrogen (secondary N) is 1. The van der Waals surface area contributed by atoms with Crippen molar-refractivity contribution < 1.29 is 68.1 Å². The molecule has 3 aliphatic carbocycles. The minimum atomic E-state index is -2.35. The van der Waals surface area contributed by atoms with Crippen LogP contribution >= 0.6 is 0 Å². The standard InChI is InChI=1S/C47H53NO14/c1-25-31(60-43(56)36(52)35(28-16-10-7-11-17-28)48-41(54)29-18-12-8-13-19-29)23-47(57)40(61-42(55)30-20-14-9-15-21-30)38-45(6,32(51)22-33-46(38,24-58-33)62-27(3)50)39(53)37(59-26(2)49)34(25)44(47,4)5/h7-21,31-33,35-40,51-53,57H,22-24H2,1-6H3,(H,48,54)/t31-,32-,33?,35-,36+,37+,38-,39-,40-,45+,46-,47+/m0/s1. The summed E-state index contributed by atoms with van der Waals surface area (Å²) in [6, 6.07) is 23.1. The zero-order valence-corrected chi connectivity index (χ0v) is 35.3. The van der Waals surface area contributed by atoms with E-state index in [4.69, 9.17) is 23.7 Å². The van der Waals surface area contributed by atoms with Crippen molar-refractivity contribution in [3.8, 4) is 0 Å². The number of hydrogen-bond acceptors (Lipinski definition) is 14. The van der Waals surface area contributed by atoms with Gasteiger partial charge in [0, 0.05) is 43.1 Å². The summed E-state index contributed by atoms with van der Waals surface area (Å²) in [5.74, 6) is -5.73. The van der Waals surface area contributed by atoms with Gasteiger partial charge in [0.15, 0.2) is 17.8 Å². The van der Waals surface area contributed by atoms with E-state index in [9.17, 15) is 44.4 Å². The second-order valence-corrected chi connectivity index (χ2v) is 17.6. The van der Waals surface area contributed by atoms with Crippen LogP contribution in [0, 0.1) is 16.7 Å². The molecule has 0 radical (unpaired) electrons. The SMILES string of the molecule is CC(=O)O[C@@H]1C2=C(C)[C@@H](OC(=O)[C@H](O)[C@@H](NC(=O)c3ccccc3)c3ccccc3)C[C@@](O)([C@@H](OC(=O)c3ccccc3)[C@H]3[C@@](C)([C@@H](O)CC4OC[C@]43OC(C)=O)[C@H]1O)C2(C)C. The molecule has 2 saturated carbocycles. The van der Waals surface area contributed by atoms with Crippen LogP contribution in [0.25, 0.3) is 0 Å². The lowest BCUT2D eigenvalue weighted by molar-refractivity contribution is -0.365. The largest absolute Gasteiger partial charge is 0.456 e. The second kappa shape index (κ2) is 16.7. The Hall–Kier alpha value is -5.45. The van der Waals surface area contributed by atoms with Crippen molar-refractivity contribution in [2.24, 2.45) is 16.7 Å². The van der Waals surface area contributed by atoms with Gasteiger partial charge in [0.25, 0.3) is 5.91 Å². The third kappa shape index (κ3) is 7.38. The molecule has 5 N–H and O–H groups in total. The molecule has 330 valence electrons. The van der Waals surface area contributed by atoms with Gasteiger partial charge in [0.05, 0.1) is 30.2 Å². The average molecular weight is 856 g/mol. The second-order valence-electron chi connectivity index (χ2n) is 17.6. The van der Waals surface area contributed by atoms with Gasteiger partial charge in [-0.15, -0.1) is 0 Å². The van der Waals surface area contributed by atoms with Crippen molar-refractivity contribution in [1.82, 2.24) is 5.32 Å². The summed E-state index contributed by atoms with van der Waals surface area (Å²) in [5.41, 5.74) is -6.46. The maximum atomic E-state index is 14.3. The van der Waals surface area contributed by atoms with Gasteiger partial charge in [-0.25, -0.2) is 9.59 Å². The van der Waals surface area contributed by atoms with E-state index in [2.05, 4.69) is 5.32 Å². The first-order chi connectivity index (χ1) is 29.3. The van der Waals surface area contributed by atoms with E-state index in [0.717, 1.165) is 6.92 Å². The normalized spacial score (nSPS) is 33.0. The predicted octanol–water partition coefficient (Wildman–Crippen LogP) is 3.53. The highest BCUT2D eigenvalue weighted by molar-refractivity contribution is 5.95. The van der Waals surface area contributed by atoms with E-state index in [1.54, 1.807) is 99.6 Å². The first-order valence-electron chi connectivity index (χ1n) is 20.6. The van der Waals surface area contributed by atoms with E-state index in [0.29, 0.717) is 5.56 Å². The van der Waals surface area contributed by atoms with Gasteiger partial charge in [0.1, 0.15) is 30.0 Å². The lowest BCUT2D eigenvalue weighted by atomic mass is 9.44. The van der Waals surface area contributed by atoms with E-state index >= 15 is 0 Å². The number of aliphatic hydroxyl groups is 4. The van der Waals surface area contributed by atoms with Crippen LogP contribution in [0.2, 0.25) is 0 Å². The number of benzene rings is 3. The molecule has 1 aliphatic heterocycles. The Kier molecular flexibility index (Phi) is 12.0. The summed E-state index contributed by atoms with van der Waals surface area (Å²) in [7, 11) is 0. The van der Waals surface area contributed by atoms with Crippen LogP contribution in [0.1, 0.15) is 86.7 Å². The molecule has 0 spiro atoms. The first-order valence-corrected chi connectivity index (χ1v) is 20.6. The number of amides is 1. The number of rotatable bonds is 10. The van der Waals surface area contributed by atoms with Crippen LogP contribution in [-0.4, -0.2) is 111 Å². The topological polar surface area (TPSA) is 224 Å². The molecule has 3 aromatic carbocycles. The van der Waals surface area contributed by atoms with Crippen molar-refractivity contribution in [3.05, 3.63) is 119 Å². The summed E-state index contributed by atoms with van der Waals surface area (Å²) in [6.45, 7) is 8.30. The highest BCUT2D eigenvalue weighted by atomic mass is 16.6. The fraction of sp³-hybridized carbons (Fsp3) is 0.468. The van der Waals surface area contributed by atoms with E-state index < -0.39 is 113 Å². The third-order valence-electron chi connectivity index (χ3n) is 13.7. The van der Waals surface area contributed by atoms with Crippen LogP contribution in [0.4, 0.5) is 0 Å². The highest BCUT2D eigenvalue weighted by Gasteiger charge is 2.78. The predicted molar refractivity (Wildman–Crippen MR) is 219 cm³/mol. The molecule has 1 unspecified atom stereocenters. The summed E-state index contributed by atoms with van der Waals surface area (Å²) >= 11 is 0. The minimum absolute atomic E-state index is 0.0914. The molecular weight excluding hydrogens is 803 g/mol. The number of esters is 4. The zero-order valence-electron chi connectivity index (χ0n) is 35.3. The third-order valence-corrected chi connectivity index (χ3v) is 13.7. The molecule has 15 nitrogen and oxygen atoms in total. The monoisotopic (exact) mass is 855 g/mol. The molecule has 0 aromatic heterocycles. The quantitative estimate of drug-likeness (QED) is 0.112. The van der Waals surface area contributed by atoms with Gasteiger partial charge in [-0.2, -0.15) is 0 Å². The maximum absolute atomic E-state index is 14.3. The number of carbonyl (C=O) groups excluding carboxylic acids is 5. The number of aliphatic hydroxyl groups excluding tert-OH is 3. The van der Waals surface area contributed by atoms with Crippen LogP contribution in [0.3, 0.4) is 0 Å². The summed E-state index contributed by atoms with van der Waals surface area (Å²) in [5, 5.41) is 53.2. The summed E-state index contributed by atoms with van der Waals surface area (Å²) < 4.78 is 30.5. The van der Waals surface area contributed by atoms with Crippen molar-refractivity contribution >= 4 is 29.8 Å². The summed E-state index contributed by atoms with van der Waals surface area (Å²) in [6.07, 6.45) is -11.8. The van der Waals surface area contributed by atoms with E-state index in [1.807, 2.05) is 0 Å². The van der Waals surface area contributed by atoms with Crippen molar-refractivity contribution in [2.75, 3.05) is 6.61 Å². The molecule has 1 saturated heterocycles. The van der Waals surface area contributed by atoms with Crippen LogP contribution in [-0.2, 0) is 38.1 Å². The molecule has 4 aliphatic rings. The Bertz CT molecular complexity index is 2230. The average Bonchev–Trinajstić information content (AvgIpc) is 3.24. The molecule has 3 aromatic rings. The summed E-state index contributed by atoms with van der Waals surface area (Å²) in [4.78, 5) is 68.1. The minimum Gasteiger partial charge on any atom is -0.456 e. The Morgan fingerprint density at radius 3 is 1.94 bits per heavy atom. The molecule has 1 heterocycles. The van der Waals surface area contributed by atoms with Gasteiger partial charge >= 0.3 is 23.9 Å². The van der Waals surface area contributed by atoms with Gasteiger partial charge in [-0.05, 0) is 47.9 Å². The first kappa shape index (κ1) is 44.6.